The van der Waals surface area contributed by atoms with E-state index in [1.165, 1.54) is 21.6 Å². The number of hydrogen-bond donors (Lipinski definition) is 0. The maximum absolute atomic E-state index is 5.05. The first-order valence-electron chi connectivity index (χ1n) is 8.98. The maximum Gasteiger partial charge on any atom is 0.160 e. The molecular weight excluding hydrogens is 336 g/mol. The minimum absolute atomic E-state index is 0.810. The molecule has 0 N–H and O–H groups in total. The molecule has 1 aliphatic carbocycles. The second kappa shape index (κ2) is 6.50. The normalized spacial score (nSPS) is 12.9. The first-order valence-corrected chi connectivity index (χ1v) is 9.86. The molecule has 0 amide bonds. The van der Waals surface area contributed by atoms with Gasteiger partial charge in [0, 0.05) is 16.7 Å². The highest BCUT2D eigenvalue weighted by Crippen LogP contribution is 2.38. The molecule has 2 nitrogen and oxygen atoms in total. The number of aryl methyl sites for hydroxylation is 1. The largest absolute Gasteiger partial charge is 0.228 e. The molecule has 1 aliphatic rings. The monoisotopic (exact) mass is 354 g/mol. The Balaban J connectivity index is 1.82. The van der Waals surface area contributed by atoms with E-state index in [0.717, 1.165) is 42.0 Å². The number of thiophene rings is 1. The van der Waals surface area contributed by atoms with Gasteiger partial charge in [0.05, 0.1) is 16.3 Å². The SMILES string of the molecule is c1ccc(-c2nc(-c3cccs3)c3c(n2)-c2ccccc2CCC3)cc1. The molecule has 126 valence electrons. The number of fused-ring (bicyclic) bond motifs is 3. The van der Waals surface area contributed by atoms with E-state index in [1.807, 2.05) is 18.2 Å². The fraction of sp³-hybridized carbons (Fsp3) is 0.130. The van der Waals surface area contributed by atoms with Crippen LogP contribution in [0.3, 0.4) is 0 Å². The van der Waals surface area contributed by atoms with Crippen LogP contribution in [0.15, 0.2) is 72.1 Å². The van der Waals surface area contributed by atoms with Crippen molar-refractivity contribution in [2.24, 2.45) is 0 Å². The Morgan fingerprint density at radius 3 is 2.38 bits per heavy atom. The van der Waals surface area contributed by atoms with Crippen LogP contribution in [0.4, 0.5) is 0 Å². The zero-order chi connectivity index (χ0) is 17.3. The summed E-state index contributed by atoms with van der Waals surface area (Å²) in [6.45, 7) is 0. The van der Waals surface area contributed by atoms with Crippen molar-refractivity contribution in [1.82, 2.24) is 9.97 Å². The van der Waals surface area contributed by atoms with Gasteiger partial charge >= 0.3 is 0 Å². The quantitative estimate of drug-likeness (QED) is 0.439. The van der Waals surface area contributed by atoms with Crippen LogP contribution in [0, 0.1) is 0 Å². The third-order valence-corrected chi connectivity index (χ3v) is 5.82. The van der Waals surface area contributed by atoms with E-state index in [-0.39, 0.29) is 0 Å². The topological polar surface area (TPSA) is 25.8 Å². The molecule has 3 heteroatoms. The van der Waals surface area contributed by atoms with E-state index >= 15 is 0 Å². The van der Waals surface area contributed by atoms with Gasteiger partial charge in [0.1, 0.15) is 0 Å². The van der Waals surface area contributed by atoms with Gasteiger partial charge < -0.3 is 0 Å². The van der Waals surface area contributed by atoms with E-state index in [9.17, 15) is 0 Å². The summed E-state index contributed by atoms with van der Waals surface area (Å²) in [7, 11) is 0. The van der Waals surface area contributed by atoms with Crippen LogP contribution in [0.1, 0.15) is 17.5 Å². The van der Waals surface area contributed by atoms with Crippen LogP contribution < -0.4 is 0 Å². The third-order valence-electron chi connectivity index (χ3n) is 4.94. The minimum atomic E-state index is 0.810. The molecule has 0 aliphatic heterocycles. The van der Waals surface area contributed by atoms with Gasteiger partial charge in [-0.05, 0) is 36.3 Å². The van der Waals surface area contributed by atoms with Gasteiger partial charge in [0.25, 0.3) is 0 Å². The van der Waals surface area contributed by atoms with Gasteiger partial charge in [-0.25, -0.2) is 9.97 Å². The first kappa shape index (κ1) is 15.5. The molecule has 0 atom stereocenters. The second-order valence-corrected chi connectivity index (χ2v) is 7.52. The Labute approximate surface area is 157 Å². The van der Waals surface area contributed by atoms with E-state index in [1.54, 1.807) is 11.3 Å². The average Bonchev–Trinajstić information content (AvgIpc) is 3.17. The summed E-state index contributed by atoms with van der Waals surface area (Å²) < 4.78 is 0. The smallest absolute Gasteiger partial charge is 0.160 e. The summed E-state index contributed by atoms with van der Waals surface area (Å²) in [5.41, 5.74) is 7.21. The van der Waals surface area contributed by atoms with Crippen molar-refractivity contribution in [2.75, 3.05) is 0 Å². The lowest BCUT2D eigenvalue weighted by molar-refractivity contribution is 0.831. The zero-order valence-electron chi connectivity index (χ0n) is 14.4. The average molecular weight is 354 g/mol. The third kappa shape index (κ3) is 2.65. The Bertz CT molecular complexity index is 1050. The van der Waals surface area contributed by atoms with E-state index in [2.05, 4.69) is 53.9 Å². The molecule has 0 fully saturated rings. The Morgan fingerprint density at radius 1 is 0.731 bits per heavy atom. The lowest BCUT2D eigenvalue weighted by atomic mass is 10.00. The van der Waals surface area contributed by atoms with Crippen molar-refractivity contribution in [3.8, 4) is 33.2 Å². The number of aromatic nitrogens is 2. The molecule has 0 bridgehead atoms. The molecule has 2 aromatic heterocycles. The fourth-order valence-electron chi connectivity index (χ4n) is 3.70. The molecule has 0 saturated carbocycles. The van der Waals surface area contributed by atoms with Gasteiger partial charge in [-0.3, -0.25) is 0 Å². The van der Waals surface area contributed by atoms with Crippen LogP contribution in [-0.2, 0) is 12.8 Å². The van der Waals surface area contributed by atoms with Crippen molar-refractivity contribution in [3.63, 3.8) is 0 Å². The predicted molar refractivity (Wildman–Crippen MR) is 108 cm³/mol. The summed E-state index contributed by atoms with van der Waals surface area (Å²) in [5.74, 6) is 0.810. The molecule has 0 unspecified atom stereocenters. The number of nitrogens with zero attached hydrogens (tertiary/aromatic N) is 2. The van der Waals surface area contributed by atoms with Crippen molar-refractivity contribution < 1.29 is 0 Å². The second-order valence-electron chi connectivity index (χ2n) is 6.58. The van der Waals surface area contributed by atoms with Gasteiger partial charge in [0.2, 0.25) is 0 Å². The van der Waals surface area contributed by atoms with Crippen LogP contribution in [-0.4, -0.2) is 9.97 Å². The lowest BCUT2D eigenvalue weighted by Crippen LogP contribution is -2.02. The predicted octanol–water partition coefficient (Wildman–Crippen LogP) is 6.03. The molecule has 4 aromatic rings. The van der Waals surface area contributed by atoms with Crippen LogP contribution in [0.5, 0.6) is 0 Å². The van der Waals surface area contributed by atoms with Crippen molar-refractivity contribution >= 4 is 11.3 Å². The molecule has 26 heavy (non-hydrogen) atoms. The lowest BCUT2D eigenvalue weighted by Gasteiger charge is -2.14. The van der Waals surface area contributed by atoms with Gasteiger partial charge in [-0.15, -0.1) is 11.3 Å². The fourth-order valence-corrected chi connectivity index (χ4v) is 4.44. The first-order chi connectivity index (χ1) is 12.9. The zero-order valence-corrected chi connectivity index (χ0v) is 15.2. The van der Waals surface area contributed by atoms with Crippen LogP contribution in [0.2, 0.25) is 0 Å². The molecule has 2 aromatic carbocycles. The summed E-state index contributed by atoms with van der Waals surface area (Å²) in [6, 6.07) is 23.2. The summed E-state index contributed by atoms with van der Waals surface area (Å²) in [6.07, 6.45) is 3.25. The van der Waals surface area contributed by atoms with E-state index < -0.39 is 0 Å². The molecule has 0 spiro atoms. The highest BCUT2D eigenvalue weighted by atomic mass is 32.1. The van der Waals surface area contributed by atoms with Crippen molar-refractivity contribution in [1.29, 1.82) is 0 Å². The van der Waals surface area contributed by atoms with Crippen molar-refractivity contribution in [2.45, 2.75) is 19.3 Å². The molecule has 0 radical (unpaired) electrons. The highest BCUT2D eigenvalue weighted by molar-refractivity contribution is 7.13. The molecule has 5 rings (SSSR count). The highest BCUT2D eigenvalue weighted by Gasteiger charge is 2.22. The molecule has 0 saturated heterocycles. The summed E-state index contributed by atoms with van der Waals surface area (Å²) in [5, 5.41) is 2.12. The van der Waals surface area contributed by atoms with Crippen LogP contribution in [0.25, 0.3) is 33.2 Å². The summed E-state index contributed by atoms with van der Waals surface area (Å²) >= 11 is 1.75. The Hall–Kier alpha value is -2.78. The molecular formula is C23H18N2S. The maximum atomic E-state index is 5.05. The van der Waals surface area contributed by atoms with E-state index in [4.69, 9.17) is 9.97 Å². The number of benzene rings is 2. The van der Waals surface area contributed by atoms with Gasteiger partial charge in [-0.1, -0.05) is 60.7 Å². The van der Waals surface area contributed by atoms with Gasteiger partial charge in [-0.2, -0.15) is 0 Å². The minimum Gasteiger partial charge on any atom is -0.228 e. The molecule has 2 heterocycles. The Morgan fingerprint density at radius 2 is 1.54 bits per heavy atom. The van der Waals surface area contributed by atoms with Crippen molar-refractivity contribution in [3.05, 3.63) is 83.2 Å². The van der Waals surface area contributed by atoms with Gasteiger partial charge in [0.15, 0.2) is 5.82 Å². The van der Waals surface area contributed by atoms with E-state index in [0.29, 0.717) is 0 Å². The number of hydrogen-bond acceptors (Lipinski definition) is 3. The Kier molecular flexibility index (Phi) is 3.87. The summed E-state index contributed by atoms with van der Waals surface area (Å²) in [4.78, 5) is 11.3. The number of rotatable bonds is 2. The van der Waals surface area contributed by atoms with Crippen LogP contribution >= 0.6 is 11.3 Å². The standard InChI is InChI=1S/C23H18N2S/c1-2-9-17(10-3-1)23-24-21-18-12-5-4-8-16(18)11-6-13-19(21)22(25-23)20-14-7-15-26-20/h1-5,7-10,12,14-15H,6,11,13H2.